The number of carbonyl (C=O) groups is 2. The Morgan fingerprint density at radius 2 is 1.93 bits per heavy atom. The van der Waals surface area contributed by atoms with Gasteiger partial charge in [0.2, 0.25) is 0 Å². The zero-order valence-electron chi connectivity index (χ0n) is 9.07. The highest BCUT2D eigenvalue weighted by atomic mass is 16.5. The molecule has 0 radical (unpaired) electrons. The average molecular weight is 214 g/mol. The second-order valence-corrected chi connectivity index (χ2v) is 4.16. The lowest BCUT2D eigenvalue weighted by atomic mass is 9.86. The summed E-state index contributed by atoms with van der Waals surface area (Å²) in [6.45, 7) is 1.86. The van der Waals surface area contributed by atoms with Crippen LogP contribution in [0.5, 0.6) is 0 Å². The van der Waals surface area contributed by atoms with Crippen LogP contribution in [0.3, 0.4) is 0 Å². The number of carbonyl (C=O) groups excluding carboxylic acids is 1. The molecule has 1 atom stereocenters. The van der Waals surface area contributed by atoms with Crippen LogP contribution in [0.4, 0.5) is 0 Å². The third kappa shape index (κ3) is 4.32. The van der Waals surface area contributed by atoms with Crippen molar-refractivity contribution < 1.29 is 19.4 Å². The van der Waals surface area contributed by atoms with E-state index in [1.165, 1.54) is 19.3 Å². The van der Waals surface area contributed by atoms with Gasteiger partial charge >= 0.3 is 11.9 Å². The van der Waals surface area contributed by atoms with Gasteiger partial charge in [0.05, 0.1) is 0 Å². The van der Waals surface area contributed by atoms with Crippen LogP contribution < -0.4 is 0 Å². The molecule has 1 saturated carbocycles. The van der Waals surface area contributed by atoms with Crippen LogP contribution in [-0.4, -0.2) is 23.1 Å². The number of ether oxygens (including phenoxy) is 1. The molecule has 0 aliphatic heterocycles. The molecule has 0 aromatic rings. The third-order valence-electron chi connectivity index (χ3n) is 2.93. The standard InChI is InChI=1S/C11H18O4/c1-8(9-5-3-2-4-6-9)15-11(14)7-10(12)13/h8-9H,2-7H2,1H3,(H,12,13). The Kier molecular flexibility index (Phi) is 4.59. The van der Waals surface area contributed by atoms with Gasteiger partial charge in [0.15, 0.2) is 0 Å². The molecule has 1 fully saturated rings. The molecule has 15 heavy (non-hydrogen) atoms. The maximum atomic E-state index is 11.1. The van der Waals surface area contributed by atoms with Crippen molar-refractivity contribution in [2.24, 2.45) is 5.92 Å². The lowest BCUT2D eigenvalue weighted by Crippen LogP contribution is -2.26. The summed E-state index contributed by atoms with van der Waals surface area (Å²) in [5.41, 5.74) is 0. The van der Waals surface area contributed by atoms with E-state index in [1.54, 1.807) is 0 Å². The van der Waals surface area contributed by atoms with E-state index in [2.05, 4.69) is 0 Å². The molecule has 0 spiro atoms. The summed E-state index contributed by atoms with van der Waals surface area (Å²) in [6.07, 6.45) is 5.13. The largest absolute Gasteiger partial charge is 0.481 e. The molecule has 86 valence electrons. The third-order valence-corrected chi connectivity index (χ3v) is 2.93. The number of carboxylic acids is 1. The normalized spacial score (nSPS) is 19.5. The van der Waals surface area contributed by atoms with Gasteiger partial charge in [-0.05, 0) is 25.7 Å². The maximum Gasteiger partial charge on any atom is 0.317 e. The minimum atomic E-state index is -1.13. The zero-order valence-corrected chi connectivity index (χ0v) is 9.07. The van der Waals surface area contributed by atoms with Crippen LogP contribution in [0.1, 0.15) is 45.4 Å². The van der Waals surface area contributed by atoms with Crippen molar-refractivity contribution in [3.63, 3.8) is 0 Å². The number of hydrogen-bond acceptors (Lipinski definition) is 3. The van der Waals surface area contributed by atoms with Gasteiger partial charge in [-0.2, -0.15) is 0 Å². The summed E-state index contributed by atoms with van der Waals surface area (Å²) < 4.78 is 5.08. The molecule has 1 aliphatic carbocycles. The highest BCUT2D eigenvalue weighted by Crippen LogP contribution is 2.27. The first kappa shape index (κ1) is 12.0. The maximum absolute atomic E-state index is 11.1. The van der Waals surface area contributed by atoms with Crippen LogP contribution in [-0.2, 0) is 14.3 Å². The number of hydrogen-bond donors (Lipinski definition) is 1. The first-order chi connectivity index (χ1) is 7.09. The molecule has 1 unspecified atom stereocenters. The lowest BCUT2D eigenvalue weighted by molar-refractivity contribution is -0.156. The fourth-order valence-electron chi connectivity index (χ4n) is 2.07. The topological polar surface area (TPSA) is 63.6 Å². The molecule has 4 heteroatoms. The number of rotatable bonds is 4. The van der Waals surface area contributed by atoms with E-state index in [9.17, 15) is 9.59 Å². The lowest BCUT2D eigenvalue weighted by Gasteiger charge is -2.27. The minimum absolute atomic E-state index is 0.142. The molecular weight excluding hydrogens is 196 g/mol. The summed E-state index contributed by atoms with van der Waals surface area (Å²) in [4.78, 5) is 21.4. The molecule has 4 nitrogen and oxygen atoms in total. The summed E-state index contributed by atoms with van der Waals surface area (Å²) in [7, 11) is 0. The van der Waals surface area contributed by atoms with E-state index in [-0.39, 0.29) is 6.10 Å². The van der Waals surface area contributed by atoms with Crippen LogP contribution >= 0.6 is 0 Å². The summed E-state index contributed by atoms with van der Waals surface area (Å²) >= 11 is 0. The number of aliphatic carboxylic acids is 1. The smallest absolute Gasteiger partial charge is 0.317 e. The zero-order chi connectivity index (χ0) is 11.3. The Hall–Kier alpha value is -1.06. The summed E-state index contributed by atoms with van der Waals surface area (Å²) in [5.74, 6) is -1.34. The van der Waals surface area contributed by atoms with Crippen LogP contribution in [0, 0.1) is 5.92 Å². The minimum Gasteiger partial charge on any atom is -0.481 e. The summed E-state index contributed by atoms with van der Waals surface area (Å²) in [6, 6.07) is 0. The van der Waals surface area contributed by atoms with Gasteiger partial charge in [-0.3, -0.25) is 9.59 Å². The molecular formula is C11H18O4. The van der Waals surface area contributed by atoms with Crippen LogP contribution in [0.25, 0.3) is 0 Å². The molecule has 0 bridgehead atoms. The second-order valence-electron chi connectivity index (χ2n) is 4.16. The second kappa shape index (κ2) is 5.73. The van der Waals surface area contributed by atoms with Gasteiger partial charge in [-0.1, -0.05) is 19.3 Å². The predicted octanol–water partition coefficient (Wildman–Crippen LogP) is 1.97. The fraction of sp³-hybridized carbons (Fsp3) is 0.818. The fourth-order valence-corrected chi connectivity index (χ4v) is 2.07. The molecule has 1 rings (SSSR count). The highest BCUT2D eigenvalue weighted by molar-refractivity contribution is 5.90. The predicted molar refractivity (Wildman–Crippen MR) is 54.4 cm³/mol. The van der Waals surface area contributed by atoms with Gasteiger partial charge in [-0.15, -0.1) is 0 Å². The van der Waals surface area contributed by atoms with Crippen molar-refractivity contribution in [2.75, 3.05) is 0 Å². The summed E-state index contributed by atoms with van der Waals surface area (Å²) in [5, 5.41) is 8.41. The first-order valence-corrected chi connectivity index (χ1v) is 5.51. The van der Waals surface area contributed by atoms with Gasteiger partial charge < -0.3 is 9.84 Å². The molecule has 1 aliphatic rings. The van der Waals surface area contributed by atoms with Crippen molar-refractivity contribution >= 4 is 11.9 Å². The van der Waals surface area contributed by atoms with Crippen molar-refractivity contribution in [3.8, 4) is 0 Å². The van der Waals surface area contributed by atoms with Crippen molar-refractivity contribution in [1.82, 2.24) is 0 Å². The molecule has 0 saturated heterocycles. The molecule has 0 heterocycles. The number of esters is 1. The highest BCUT2D eigenvalue weighted by Gasteiger charge is 2.23. The number of carboxylic acid groups (broad SMARTS) is 1. The average Bonchev–Trinajstić information content (AvgIpc) is 2.17. The van der Waals surface area contributed by atoms with Gasteiger partial charge in [0, 0.05) is 0 Å². The van der Waals surface area contributed by atoms with Gasteiger partial charge in [-0.25, -0.2) is 0 Å². The van der Waals surface area contributed by atoms with Crippen LogP contribution in [0.15, 0.2) is 0 Å². The van der Waals surface area contributed by atoms with Crippen molar-refractivity contribution in [3.05, 3.63) is 0 Å². The Bertz CT molecular complexity index is 231. The molecule has 0 aromatic heterocycles. The van der Waals surface area contributed by atoms with E-state index in [1.807, 2.05) is 6.92 Å². The quantitative estimate of drug-likeness (QED) is 0.574. The van der Waals surface area contributed by atoms with Gasteiger partial charge in [0.1, 0.15) is 12.5 Å². The molecule has 0 amide bonds. The Balaban J connectivity index is 2.30. The van der Waals surface area contributed by atoms with E-state index in [0.29, 0.717) is 5.92 Å². The van der Waals surface area contributed by atoms with E-state index < -0.39 is 18.4 Å². The van der Waals surface area contributed by atoms with Crippen molar-refractivity contribution in [2.45, 2.75) is 51.6 Å². The van der Waals surface area contributed by atoms with E-state index >= 15 is 0 Å². The Morgan fingerprint density at radius 1 is 1.33 bits per heavy atom. The Morgan fingerprint density at radius 3 is 2.47 bits per heavy atom. The van der Waals surface area contributed by atoms with Crippen molar-refractivity contribution in [1.29, 1.82) is 0 Å². The SMILES string of the molecule is CC(OC(=O)CC(=O)O)C1CCCCC1. The molecule has 1 N–H and O–H groups in total. The van der Waals surface area contributed by atoms with Crippen LogP contribution in [0.2, 0.25) is 0 Å². The van der Waals surface area contributed by atoms with Gasteiger partial charge in [0.25, 0.3) is 0 Å². The Labute approximate surface area is 89.6 Å². The first-order valence-electron chi connectivity index (χ1n) is 5.51. The van der Waals surface area contributed by atoms with E-state index in [0.717, 1.165) is 12.8 Å². The van der Waals surface area contributed by atoms with E-state index in [4.69, 9.17) is 9.84 Å². The molecule has 0 aromatic carbocycles. The monoisotopic (exact) mass is 214 g/mol.